The number of carboxylic acids is 3. The van der Waals surface area contributed by atoms with Crippen molar-refractivity contribution in [3.63, 3.8) is 0 Å². The van der Waals surface area contributed by atoms with Gasteiger partial charge in [0, 0.05) is 13.0 Å². The van der Waals surface area contributed by atoms with Gasteiger partial charge in [-0.2, -0.15) is 0 Å². The lowest BCUT2D eigenvalue weighted by atomic mass is 10.1. The Bertz CT molecular complexity index is 525. The lowest BCUT2D eigenvalue weighted by molar-refractivity contribution is -0.140. The summed E-state index contributed by atoms with van der Waals surface area (Å²) in [7, 11) is 0. The number of hydrogen-bond acceptors (Lipinski definition) is 6. The SMILES string of the molecule is NCC(=O)NCCCC[C@H](NC(=O)N[C@@H](CCC(=O)O)C(=O)O)C(=O)O. The summed E-state index contributed by atoms with van der Waals surface area (Å²) in [6, 6.07) is -3.73. The molecule has 0 unspecified atom stereocenters. The van der Waals surface area contributed by atoms with Crippen LogP contribution in [0.2, 0.25) is 0 Å². The third kappa shape index (κ3) is 10.8. The van der Waals surface area contributed by atoms with Crippen LogP contribution >= 0.6 is 0 Å². The standard InChI is InChI=1S/C14H24N4O8/c15-7-10(19)16-6-2-1-3-8(12(22)23)17-14(26)18-9(13(24)25)4-5-11(20)21/h8-9H,1-7,15H2,(H,16,19)(H,20,21)(H,22,23)(H,24,25)(H2,17,18,26)/t8-,9-/m0/s1. The highest BCUT2D eigenvalue weighted by molar-refractivity contribution is 5.86. The van der Waals surface area contributed by atoms with Gasteiger partial charge in [0.25, 0.3) is 0 Å². The molecule has 0 aliphatic rings. The Hall–Kier alpha value is -2.89. The number of carbonyl (C=O) groups is 5. The molecule has 12 nitrogen and oxygen atoms in total. The summed E-state index contributed by atoms with van der Waals surface area (Å²) in [5.74, 6) is -4.28. The summed E-state index contributed by atoms with van der Waals surface area (Å²) in [5, 5.41) is 33.3. The number of unbranched alkanes of at least 4 members (excludes halogenated alkanes) is 1. The van der Waals surface area contributed by atoms with E-state index in [-0.39, 0.29) is 25.3 Å². The maximum absolute atomic E-state index is 11.8. The van der Waals surface area contributed by atoms with Crippen LogP contribution in [0.1, 0.15) is 32.1 Å². The van der Waals surface area contributed by atoms with Gasteiger partial charge in [-0.25, -0.2) is 14.4 Å². The first kappa shape index (κ1) is 23.1. The van der Waals surface area contributed by atoms with Crippen molar-refractivity contribution < 1.29 is 39.3 Å². The van der Waals surface area contributed by atoms with E-state index in [1.54, 1.807) is 0 Å². The van der Waals surface area contributed by atoms with Crippen molar-refractivity contribution in [2.45, 2.75) is 44.2 Å². The van der Waals surface area contributed by atoms with Crippen molar-refractivity contribution in [2.75, 3.05) is 13.1 Å². The molecule has 12 heteroatoms. The van der Waals surface area contributed by atoms with E-state index in [1.165, 1.54) is 0 Å². The zero-order valence-corrected chi connectivity index (χ0v) is 14.1. The van der Waals surface area contributed by atoms with Gasteiger partial charge in [-0.3, -0.25) is 9.59 Å². The molecule has 0 saturated carbocycles. The Kier molecular flexibility index (Phi) is 11.1. The molecule has 0 spiro atoms. The van der Waals surface area contributed by atoms with Gasteiger partial charge < -0.3 is 37.0 Å². The van der Waals surface area contributed by atoms with Crippen molar-refractivity contribution in [1.82, 2.24) is 16.0 Å². The minimum absolute atomic E-state index is 0.0636. The van der Waals surface area contributed by atoms with E-state index in [0.29, 0.717) is 19.4 Å². The minimum Gasteiger partial charge on any atom is -0.481 e. The van der Waals surface area contributed by atoms with Crippen molar-refractivity contribution >= 4 is 29.8 Å². The summed E-state index contributed by atoms with van der Waals surface area (Å²) < 4.78 is 0. The number of nitrogens with two attached hydrogens (primary N) is 1. The van der Waals surface area contributed by atoms with Gasteiger partial charge in [0.2, 0.25) is 5.91 Å². The van der Waals surface area contributed by atoms with Gasteiger partial charge in [0.05, 0.1) is 6.54 Å². The number of urea groups is 1. The van der Waals surface area contributed by atoms with Crippen molar-refractivity contribution in [1.29, 1.82) is 0 Å². The predicted molar refractivity (Wildman–Crippen MR) is 87.3 cm³/mol. The summed E-state index contributed by atoms with van der Waals surface area (Å²) >= 11 is 0. The zero-order valence-electron chi connectivity index (χ0n) is 14.1. The van der Waals surface area contributed by atoms with Crippen LogP contribution in [0.4, 0.5) is 4.79 Å². The number of hydrogen-bond donors (Lipinski definition) is 7. The van der Waals surface area contributed by atoms with Crippen LogP contribution in [0.25, 0.3) is 0 Å². The normalized spacial score (nSPS) is 12.5. The van der Waals surface area contributed by atoms with Crippen LogP contribution in [-0.2, 0) is 19.2 Å². The molecule has 0 bridgehead atoms. The maximum Gasteiger partial charge on any atom is 0.326 e. The molecule has 2 atom stereocenters. The van der Waals surface area contributed by atoms with E-state index >= 15 is 0 Å². The average Bonchev–Trinajstić information content (AvgIpc) is 2.56. The maximum atomic E-state index is 11.8. The highest BCUT2D eigenvalue weighted by Crippen LogP contribution is 2.02. The topological polar surface area (TPSA) is 208 Å². The molecule has 26 heavy (non-hydrogen) atoms. The number of rotatable bonds is 13. The van der Waals surface area contributed by atoms with E-state index < -0.39 is 42.4 Å². The number of carboxylic acid groups (broad SMARTS) is 3. The Morgan fingerprint density at radius 3 is 1.85 bits per heavy atom. The predicted octanol–water partition coefficient (Wildman–Crippen LogP) is -1.70. The molecule has 0 heterocycles. The van der Waals surface area contributed by atoms with E-state index in [2.05, 4.69) is 10.6 Å². The highest BCUT2D eigenvalue weighted by atomic mass is 16.4. The summed E-state index contributed by atoms with van der Waals surface area (Å²) in [6.45, 7) is 0.164. The number of carbonyl (C=O) groups excluding carboxylic acids is 2. The van der Waals surface area contributed by atoms with Gasteiger partial charge >= 0.3 is 23.9 Å². The average molecular weight is 376 g/mol. The largest absolute Gasteiger partial charge is 0.481 e. The first-order chi connectivity index (χ1) is 12.2. The van der Waals surface area contributed by atoms with Gasteiger partial charge in [-0.1, -0.05) is 0 Å². The molecule has 0 aromatic carbocycles. The van der Waals surface area contributed by atoms with Gasteiger partial charge in [0.15, 0.2) is 0 Å². The highest BCUT2D eigenvalue weighted by Gasteiger charge is 2.24. The van der Waals surface area contributed by atoms with Gasteiger partial charge in [-0.15, -0.1) is 0 Å². The molecule has 0 fully saturated rings. The first-order valence-corrected chi connectivity index (χ1v) is 7.88. The molecule has 0 aliphatic heterocycles. The molecular formula is C14H24N4O8. The van der Waals surface area contributed by atoms with Crippen LogP contribution in [0.5, 0.6) is 0 Å². The Morgan fingerprint density at radius 1 is 0.846 bits per heavy atom. The molecule has 0 rings (SSSR count). The first-order valence-electron chi connectivity index (χ1n) is 7.88. The van der Waals surface area contributed by atoms with Crippen LogP contribution < -0.4 is 21.7 Å². The van der Waals surface area contributed by atoms with E-state index in [0.717, 1.165) is 0 Å². The second kappa shape index (κ2) is 12.5. The van der Waals surface area contributed by atoms with E-state index in [9.17, 15) is 24.0 Å². The fraction of sp³-hybridized carbons (Fsp3) is 0.643. The Morgan fingerprint density at radius 2 is 1.38 bits per heavy atom. The van der Waals surface area contributed by atoms with Crippen LogP contribution in [0, 0.1) is 0 Å². The Balaban J connectivity index is 4.39. The van der Waals surface area contributed by atoms with Crippen LogP contribution in [0.15, 0.2) is 0 Å². The second-order valence-corrected chi connectivity index (χ2v) is 5.38. The second-order valence-electron chi connectivity index (χ2n) is 5.38. The molecule has 0 saturated heterocycles. The molecule has 8 N–H and O–H groups in total. The fourth-order valence-corrected chi connectivity index (χ4v) is 1.91. The summed E-state index contributed by atoms with van der Waals surface area (Å²) in [4.78, 5) is 55.3. The molecule has 0 radical (unpaired) electrons. The minimum atomic E-state index is -1.45. The quantitative estimate of drug-likeness (QED) is 0.182. The summed E-state index contributed by atoms with van der Waals surface area (Å²) in [6.07, 6.45) is 0.109. The van der Waals surface area contributed by atoms with Crippen molar-refractivity contribution in [2.24, 2.45) is 5.73 Å². The third-order valence-electron chi connectivity index (χ3n) is 3.28. The monoisotopic (exact) mass is 376 g/mol. The summed E-state index contributed by atoms with van der Waals surface area (Å²) in [5.41, 5.74) is 5.11. The molecule has 0 aliphatic carbocycles. The lowest BCUT2D eigenvalue weighted by Gasteiger charge is -2.18. The number of aliphatic carboxylic acids is 3. The molecule has 3 amide bonds. The van der Waals surface area contributed by atoms with E-state index in [1.807, 2.05) is 5.32 Å². The van der Waals surface area contributed by atoms with Gasteiger partial charge in [0.1, 0.15) is 12.1 Å². The van der Waals surface area contributed by atoms with Crippen LogP contribution in [0.3, 0.4) is 0 Å². The number of amides is 3. The van der Waals surface area contributed by atoms with E-state index in [4.69, 9.17) is 21.1 Å². The van der Waals surface area contributed by atoms with Crippen molar-refractivity contribution in [3.8, 4) is 0 Å². The molecular weight excluding hydrogens is 352 g/mol. The Labute approximate surface area is 149 Å². The molecule has 0 aromatic rings. The molecule has 0 aromatic heterocycles. The fourth-order valence-electron chi connectivity index (χ4n) is 1.91. The number of nitrogens with one attached hydrogen (secondary N) is 3. The van der Waals surface area contributed by atoms with Crippen LogP contribution in [-0.4, -0.2) is 70.3 Å². The zero-order chi connectivity index (χ0) is 20.1. The third-order valence-corrected chi connectivity index (χ3v) is 3.28. The smallest absolute Gasteiger partial charge is 0.326 e. The van der Waals surface area contributed by atoms with Crippen molar-refractivity contribution in [3.05, 3.63) is 0 Å². The lowest BCUT2D eigenvalue weighted by Crippen LogP contribution is -2.51. The molecule has 148 valence electrons. The van der Waals surface area contributed by atoms with Gasteiger partial charge in [-0.05, 0) is 25.7 Å².